The number of rotatable bonds is 5. The topological polar surface area (TPSA) is 74.9 Å². The first-order chi connectivity index (χ1) is 15.5. The van der Waals surface area contributed by atoms with Crippen molar-refractivity contribution in [3.8, 4) is 0 Å². The molecule has 0 saturated heterocycles. The molecule has 1 aliphatic carbocycles. The van der Waals surface area contributed by atoms with Gasteiger partial charge in [0.05, 0.1) is 11.3 Å². The largest absolute Gasteiger partial charge is 0.455 e. The second-order valence-corrected chi connectivity index (χ2v) is 8.69. The van der Waals surface area contributed by atoms with Crippen LogP contribution in [0.15, 0.2) is 68.6 Å². The summed E-state index contributed by atoms with van der Waals surface area (Å²) >= 11 is 3.39. The molecule has 0 bridgehead atoms. The summed E-state index contributed by atoms with van der Waals surface area (Å²) in [6.07, 6.45) is 2.29. The average Bonchev–Trinajstić information content (AvgIpc) is 3.15. The quantitative estimate of drug-likeness (QED) is 0.502. The van der Waals surface area contributed by atoms with Crippen LogP contribution >= 0.6 is 15.9 Å². The highest BCUT2D eigenvalue weighted by molar-refractivity contribution is 9.10. The first kappa shape index (κ1) is 22.0. The Labute approximate surface area is 195 Å². The fourth-order valence-electron chi connectivity index (χ4n) is 3.91. The highest BCUT2D eigenvalue weighted by Crippen LogP contribution is 2.30. The third kappa shape index (κ3) is 4.53. The van der Waals surface area contributed by atoms with Crippen LogP contribution in [0.5, 0.6) is 0 Å². The second kappa shape index (κ2) is 9.53. The van der Waals surface area contributed by atoms with Crippen LogP contribution in [0.3, 0.4) is 0 Å². The number of carbonyl (C=O) groups is 2. The van der Waals surface area contributed by atoms with Crippen molar-refractivity contribution in [1.82, 2.24) is 10.3 Å². The van der Waals surface area contributed by atoms with Gasteiger partial charge in [0.1, 0.15) is 5.76 Å². The molecule has 3 aromatic rings. The van der Waals surface area contributed by atoms with E-state index in [1.807, 2.05) is 49.4 Å². The summed E-state index contributed by atoms with van der Waals surface area (Å²) < 4.78 is 6.71. The van der Waals surface area contributed by atoms with Gasteiger partial charge >= 0.3 is 0 Å². The van der Waals surface area contributed by atoms with Crippen molar-refractivity contribution in [2.75, 3.05) is 7.05 Å². The summed E-state index contributed by atoms with van der Waals surface area (Å²) in [5.74, 6) is 0.619. The van der Waals surface area contributed by atoms with Crippen molar-refractivity contribution in [2.24, 2.45) is 5.10 Å². The Morgan fingerprint density at radius 2 is 1.81 bits per heavy atom. The first-order valence-corrected chi connectivity index (χ1v) is 11.3. The van der Waals surface area contributed by atoms with E-state index in [9.17, 15) is 9.59 Å². The molecule has 1 heterocycles. The van der Waals surface area contributed by atoms with Crippen LogP contribution in [0.25, 0.3) is 0 Å². The standard InChI is InChI=1S/C25H24BrN3O3/c1-16-22-20(27-28-24(30)18-11-6-7-12-19(18)26)13-8-14-21(22)32-23(16)25(31)29(2)15-17-9-4-3-5-10-17/h3-7,9-12H,8,13-15H2,1-2H3,(H,28,30)/b27-20+. The smallest absolute Gasteiger partial charge is 0.289 e. The molecule has 7 heteroatoms. The van der Waals surface area contributed by atoms with E-state index < -0.39 is 0 Å². The molecule has 0 spiro atoms. The van der Waals surface area contributed by atoms with Gasteiger partial charge in [-0.1, -0.05) is 42.5 Å². The zero-order valence-corrected chi connectivity index (χ0v) is 19.6. The van der Waals surface area contributed by atoms with Crippen LogP contribution in [-0.2, 0) is 13.0 Å². The molecular formula is C25H24BrN3O3. The predicted octanol–water partition coefficient (Wildman–Crippen LogP) is 5.09. The third-order valence-electron chi connectivity index (χ3n) is 5.54. The molecule has 6 nitrogen and oxygen atoms in total. The molecule has 0 unspecified atom stereocenters. The van der Waals surface area contributed by atoms with Crippen LogP contribution in [0.4, 0.5) is 0 Å². The van der Waals surface area contributed by atoms with Gasteiger partial charge in [0.15, 0.2) is 5.76 Å². The molecule has 1 aromatic heterocycles. The summed E-state index contributed by atoms with van der Waals surface area (Å²) in [5.41, 5.74) is 6.54. The van der Waals surface area contributed by atoms with Crippen LogP contribution in [0, 0.1) is 6.92 Å². The van der Waals surface area contributed by atoms with Crippen molar-refractivity contribution in [3.05, 3.63) is 92.8 Å². The Balaban J connectivity index is 1.56. The Morgan fingerprint density at radius 3 is 2.56 bits per heavy atom. The van der Waals surface area contributed by atoms with Gasteiger partial charge in [-0.15, -0.1) is 0 Å². The van der Waals surface area contributed by atoms with Gasteiger partial charge in [-0.05, 0) is 53.4 Å². The highest BCUT2D eigenvalue weighted by Gasteiger charge is 2.29. The number of nitrogens with zero attached hydrogens (tertiary/aromatic N) is 2. The number of amides is 2. The molecular weight excluding hydrogens is 470 g/mol. The lowest BCUT2D eigenvalue weighted by Gasteiger charge is -2.16. The maximum Gasteiger partial charge on any atom is 0.289 e. The minimum absolute atomic E-state index is 0.169. The lowest BCUT2D eigenvalue weighted by atomic mass is 9.93. The van der Waals surface area contributed by atoms with Crippen molar-refractivity contribution in [2.45, 2.75) is 32.7 Å². The number of benzene rings is 2. The van der Waals surface area contributed by atoms with Crippen LogP contribution in [0.1, 0.15) is 56.2 Å². The average molecular weight is 494 g/mol. The number of hydrogen-bond acceptors (Lipinski definition) is 4. The summed E-state index contributed by atoms with van der Waals surface area (Å²) in [7, 11) is 1.77. The van der Waals surface area contributed by atoms with Gasteiger partial charge in [-0.2, -0.15) is 5.10 Å². The number of aryl methyl sites for hydroxylation is 1. The highest BCUT2D eigenvalue weighted by atomic mass is 79.9. The van der Waals surface area contributed by atoms with E-state index in [2.05, 4.69) is 26.5 Å². The minimum atomic E-state index is -0.294. The van der Waals surface area contributed by atoms with Gasteiger partial charge in [0, 0.05) is 35.6 Å². The normalized spacial score (nSPS) is 14.2. The SMILES string of the molecule is Cc1c(C(=O)N(C)Cc2ccccc2)oc2c1/C(=N/NC(=O)c1ccccc1Br)CCC2. The van der Waals surface area contributed by atoms with Gasteiger partial charge in [0.25, 0.3) is 11.8 Å². The molecule has 0 radical (unpaired) electrons. The van der Waals surface area contributed by atoms with E-state index in [4.69, 9.17) is 4.42 Å². The van der Waals surface area contributed by atoms with E-state index in [0.717, 1.165) is 41.0 Å². The second-order valence-electron chi connectivity index (χ2n) is 7.83. The molecule has 1 aliphatic rings. The minimum Gasteiger partial charge on any atom is -0.455 e. The van der Waals surface area contributed by atoms with E-state index >= 15 is 0 Å². The van der Waals surface area contributed by atoms with E-state index in [1.165, 1.54) is 0 Å². The van der Waals surface area contributed by atoms with Crippen molar-refractivity contribution in [1.29, 1.82) is 0 Å². The van der Waals surface area contributed by atoms with Gasteiger partial charge in [-0.3, -0.25) is 9.59 Å². The number of hydrazone groups is 1. The first-order valence-electron chi connectivity index (χ1n) is 10.5. The Hall–Kier alpha value is -3.19. The summed E-state index contributed by atoms with van der Waals surface area (Å²) in [5, 5.41) is 4.40. The summed E-state index contributed by atoms with van der Waals surface area (Å²) in [6.45, 7) is 2.37. The molecule has 2 amide bonds. The summed E-state index contributed by atoms with van der Waals surface area (Å²) in [4.78, 5) is 27.3. The molecule has 164 valence electrons. The van der Waals surface area contributed by atoms with Gasteiger partial charge < -0.3 is 9.32 Å². The Morgan fingerprint density at radius 1 is 1.09 bits per heavy atom. The maximum absolute atomic E-state index is 13.1. The van der Waals surface area contributed by atoms with Gasteiger partial charge in [0.2, 0.25) is 0 Å². The zero-order chi connectivity index (χ0) is 22.7. The molecule has 0 atom stereocenters. The monoisotopic (exact) mass is 493 g/mol. The number of fused-ring (bicyclic) bond motifs is 1. The lowest BCUT2D eigenvalue weighted by molar-refractivity contribution is 0.0750. The Bertz CT molecular complexity index is 1180. The van der Waals surface area contributed by atoms with Gasteiger partial charge in [-0.25, -0.2) is 5.43 Å². The molecule has 0 aliphatic heterocycles. The molecule has 1 N–H and O–H groups in total. The molecule has 4 rings (SSSR count). The van der Waals surface area contributed by atoms with E-state index in [-0.39, 0.29) is 11.8 Å². The molecule has 32 heavy (non-hydrogen) atoms. The molecule has 0 fully saturated rings. The van der Waals surface area contributed by atoms with Crippen molar-refractivity contribution in [3.63, 3.8) is 0 Å². The van der Waals surface area contributed by atoms with Crippen LogP contribution in [-0.4, -0.2) is 29.5 Å². The number of halogens is 1. The fourth-order valence-corrected chi connectivity index (χ4v) is 4.38. The third-order valence-corrected chi connectivity index (χ3v) is 6.23. The Kier molecular flexibility index (Phi) is 6.55. The predicted molar refractivity (Wildman–Crippen MR) is 127 cm³/mol. The van der Waals surface area contributed by atoms with Crippen LogP contribution in [0.2, 0.25) is 0 Å². The molecule has 2 aromatic carbocycles. The van der Waals surface area contributed by atoms with E-state index in [1.54, 1.807) is 24.1 Å². The maximum atomic E-state index is 13.1. The van der Waals surface area contributed by atoms with E-state index in [0.29, 0.717) is 28.8 Å². The van der Waals surface area contributed by atoms with Crippen molar-refractivity contribution >= 4 is 33.5 Å². The number of nitrogens with one attached hydrogen (secondary N) is 1. The van der Waals surface area contributed by atoms with Crippen LogP contribution < -0.4 is 5.43 Å². The fraction of sp³-hybridized carbons (Fsp3) is 0.240. The number of carbonyl (C=O) groups excluding carboxylic acids is 2. The summed E-state index contributed by atoms with van der Waals surface area (Å²) in [6, 6.07) is 17.0. The molecule has 0 saturated carbocycles. The number of furan rings is 1. The van der Waals surface area contributed by atoms with Crippen molar-refractivity contribution < 1.29 is 14.0 Å². The number of hydrogen-bond donors (Lipinski definition) is 1. The zero-order valence-electron chi connectivity index (χ0n) is 18.0. The lowest BCUT2D eigenvalue weighted by Crippen LogP contribution is -2.26.